The Morgan fingerprint density at radius 3 is 2.25 bits per heavy atom. The van der Waals surface area contributed by atoms with Crippen molar-refractivity contribution >= 4 is 6.21 Å². The molecule has 90 valence electrons. The lowest BCUT2D eigenvalue weighted by Crippen LogP contribution is -2.31. The summed E-state index contributed by atoms with van der Waals surface area (Å²) in [6.07, 6.45) is 10.00. The van der Waals surface area contributed by atoms with Crippen LogP contribution in [0.5, 0.6) is 0 Å². The van der Waals surface area contributed by atoms with Crippen LogP contribution in [0.4, 0.5) is 0 Å². The molecule has 0 bridgehead atoms. The first-order valence-electron chi connectivity index (χ1n) is 5.76. The molecule has 0 saturated carbocycles. The van der Waals surface area contributed by atoms with E-state index in [-0.39, 0.29) is 22.9 Å². The van der Waals surface area contributed by atoms with Crippen molar-refractivity contribution in [2.45, 2.75) is 34.6 Å². The van der Waals surface area contributed by atoms with Crippen molar-refractivity contribution in [3.63, 3.8) is 0 Å². The molecule has 0 aromatic rings. The van der Waals surface area contributed by atoms with E-state index < -0.39 is 0 Å². The number of aliphatic imine (C=N–C) groups is 1. The fourth-order valence-electron chi connectivity index (χ4n) is 1.47. The van der Waals surface area contributed by atoms with E-state index in [1.165, 1.54) is 0 Å². The molecule has 1 rings (SSSR count). The summed E-state index contributed by atoms with van der Waals surface area (Å²) in [6, 6.07) is 0. The van der Waals surface area contributed by atoms with E-state index in [0.717, 1.165) is 0 Å². The summed E-state index contributed by atoms with van der Waals surface area (Å²) < 4.78 is 0. The second-order valence-corrected chi connectivity index (χ2v) is 6.12. The molecule has 0 amide bonds. The molecule has 2 unspecified atom stereocenters. The fraction of sp³-hybridized carbons (Fsp3) is 0.643. The van der Waals surface area contributed by atoms with Crippen LogP contribution in [0.3, 0.4) is 0 Å². The first-order chi connectivity index (χ1) is 7.22. The Balaban J connectivity index is 3.15. The molecule has 1 aliphatic rings. The maximum Gasteiger partial charge on any atom is 0.0569 e. The van der Waals surface area contributed by atoms with Crippen LogP contribution in [0.1, 0.15) is 34.6 Å². The minimum Gasteiger partial charge on any atom is -0.395 e. The Morgan fingerprint density at radius 2 is 1.75 bits per heavy atom. The lowest BCUT2D eigenvalue weighted by molar-refractivity contribution is 0.215. The van der Waals surface area contributed by atoms with Gasteiger partial charge in [0.2, 0.25) is 0 Å². The predicted octanol–water partition coefficient (Wildman–Crippen LogP) is 3.19. The average Bonchev–Trinajstić information content (AvgIpc) is 2.18. The topological polar surface area (TPSA) is 32.6 Å². The van der Waals surface area contributed by atoms with Crippen molar-refractivity contribution in [2.75, 3.05) is 6.61 Å². The number of aliphatic hydroxyl groups excluding tert-OH is 1. The molecule has 1 aliphatic heterocycles. The normalized spacial score (nSPS) is 34.9. The van der Waals surface area contributed by atoms with Gasteiger partial charge in [0.1, 0.15) is 0 Å². The van der Waals surface area contributed by atoms with Crippen LogP contribution in [0, 0.1) is 16.2 Å². The van der Waals surface area contributed by atoms with E-state index in [0.29, 0.717) is 0 Å². The van der Waals surface area contributed by atoms with E-state index in [1.54, 1.807) is 6.21 Å². The van der Waals surface area contributed by atoms with E-state index in [9.17, 15) is 5.11 Å². The van der Waals surface area contributed by atoms with Gasteiger partial charge in [-0.05, 0) is 12.3 Å². The number of nitrogens with zero attached hydrogens (tertiary/aromatic N) is 1. The molecule has 1 N–H and O–H groups in total. The van der Waals surface area contributed by atoms with Crippen molar-refractivity contribution in [1.82, 2.24) is 0 Å². The van der Waals surface area contributed by atoms with E-state index in [4.69, 9.17) is 0 Å². The minimum atomic E-state index is -0.350. The van der Waals surface area contributed by atoms with Gasteiger partial charge in [0.25, 0.3) is 0 Å². The standard InChI is InChI=1S/C14H23NO/c1-12(2,3)14(5)7-6-13(4,11-16)10-15-9-8-14/h6-10,16H,11H2,1-5H3. The molecule has 2 nitrogen and oxygen atoms in total. The highest BCUT2D eigenvalue weighted by Gasteiger charge is 2.34. The second kappa shape index (κ2) is 4.17. The molecule has 0 aromatic heterocycles. The molecule has 2 heteroatoms. The molecule has 0 aromatic carbocycles. The summed E-state index contributed by atoms with van der Waals surface area (Å²) in [6.45, 7) is 10.9. The third-order valence-electron chi connectivity index (χ3n) is 3.64. The zero-order valence-electron chi connectivity index (χ0n) is 11.0. The average molecular weight is 221 g/mol. The van der Waals surface area contributed by atoms with Gasteiger partial charge in [0.05, 0.1) is 6.61 Å². The zero-order chi connectivity index (χ0) is 12.4. The highest BCUT2D eigenvalue weighted by atomic mass is 16.3. The van der Waals surface area contributed by atoms with Gasteiger partial charge >= 0.3 is 0 Å². The van der Waals surface area contributed by atoms with Gasteiger partial charge in [-0.15, -0.1) is 0 Å². The van der Waals surface area contributed by atoms with Gasteiger partial charge in [-0.3, -0.25) is 4.99 Å². The SMILES string of the molecule is CC1(CO)C=CC(C)(C(C)(C)C)C=CN=C1. The Kier molecular flexibility index (Phi) is 3.44. The van der Waals surface area contributed by atoms with Crippen LogP contribution in [-0.2, 0) is 0 Å². The van der Waals surface area contributed by atoms with Crippen LogP contribution < -0.4 is 0 Å². The number of hydrogen-bond donors (Lipinski definition) is 1. The Morgan fingerprint density at radius 1 is 1.12 bits per heavy atom. The maximum atomic E-state index is 9.37. The Hall–Kier alpha value is -0.890. The predicted molar refractivity (Wildman–Crippen MR) is 69.5 cm³/mol. The summed E-state index contributed by atoms with van der Waals surface area (Å²) in [5.74, 6) is 0. The van der Waals surface area contributed by atoms with Crippen LogP contribution in [0.25, 0.3) is 0 Å². The Bertz CT molecular complexity index is 335. The van der Waals surface area contributed by atoms with Gasteiger partial charge < -0.3 is 5.11 Å². The quantitative estimate of drug-likeness (QED) is 0.678. The molecule has 0 saturated heterocycles. The van der Waals surface area contributed by atoms with Crippen molar-refractivity contribution in [3.8, 4) is 0 Å². The third kappa shape index (κ3) is 2.62. The van der Waals surface area contributed by atoms with Gasteiger partial charge in [0.15, 0.2) is 0 Å². The highest BCUT2D eigenvalue weighted by molar-refractivity contribution is 5.69. The molecule has 0 fully saturated rings. The molecule has 16 heavy (non-hydrogen) atoms. The first kappa shape index (κ1) is 13.2. The first-order valence-corrected chi connectivity index (χ1v) is 5.76. The summed E-state index contributed by atoms with van der Waals surface area (Å²) in [5, 5.41) is 9.37. The maximum absolute atomic E-state index is 9.37. The Labute approximate surface area is 98.8 Å². The number of hydrogen-bond acceptors (Lipinski definition) is 2. The number of allylic oxidation sites excluding steroid dienone is 2. The number of rotatable bonds is 1. The second-order valence-electron chi connectivity index (χ2n) is 6.12. The van der Waals surface area contributed by atoms with E-state index in [1.807, 2.05) is 13.1 Å². The molecule has 2 atom stereocenters. The van der Waals surface area contributed by atoms with Gasteiger partial charge in [0, 0.05) is 23.2 Å². The van der Waals surface area contributed by atoms with Gasteiger partial charge in [-0.25, -0.2) is 0 Å². The monoisotopic (exact) mass is 221 g/mol. The van der Waals surface area contributed by atoms with Crippen LogP contribution in [-0.4, -0.2) is 17.9 Å². The molecular formula is C14H23NO. The summed E-state index contributed by atoms with van der Waals surface area (Å²) in [5.41, 5.74) is -0.262. The largest absolute Gasteiger partial charge is 0.395 e. The molecular weight excluding hydrogens is 198 g/mol. The molecule has 0 radical (unpaired) electrons. The zero-order valence-corrected chi connectivity index (χ0v) is 11.0. The number of aliphatic hydroxyl groups is 1. The lowest BCUT2D eigenvalue weighted by Gasteiger charge is -2.38. The van der Waals surface area contributed by atoms with E-state index in [2.05, 4.69) is 50.9 Å². The summed E-state index contributed by atoms with van der Waals surface area (Å²) in [7, 11) is 0. The third-order valence-corrected chi connectivity index (χ3v) is 3.64. The van der Waals surface area contributed by atoms with Crippen molar-refractivity contribution in [1.29, 1.82) is 0 Å². The van der Waals surface area contributed by atoms with E-state index >= 15 is 0 Å². The van der Waals surface area contributed by atoms with Crippen LogP contribution in [0.2, 0.25) is 0 Å². The summed E-state index contributed by atoms with van der Waals surface area (Å²) >= 11 is 0. The molecule has 1 heterocycles. The molecule has 0 spiro atoms. The van der Waals surface area contributed by atoms with Crippen LogP contribution in [0.15, 0.2) is 29.4 Å². The van der Waals surface area contributed by atoms with Crippen LogP contribution >= 0.6 is 0 Å². The lowest BCUT2D eigenvalue weighted by atomic mass is 9.67. The minimum absolute atomic E-state index is 0.0405. The summed E-state index contributed by atoms with van der Waals surface area (Å²) in [4.78, 5) is 4.25. The van der Waals surface area contributed by atoms with Crippen molar-refractivity contribution in [3.05, 3.63) is 24.4 Å². The molecule has 0 aliphatic carbocycles. The van der Waals surface area contributed by atoms with Gasteiger partial charge in [-0.1, -0.05) is 45.9 Å². The van der Waals surface area contributed by atoms with Gasteiger partial charge in [-0.2, -0.15) is 0 Å². The smallest absolute Gasteiger partial charge is 0.0569 e. The van der Waals surface area contributed by atoms with Crippen molar-refractivity contribution < 1.29 is 5.11 Å². The highest BCUT2D eigenvalue weighted by Crippen LogP contribution is 2.42. The fourth-order valence-corrected chi connectivity index (χ4v) is 1.47. The van der Waals surface area contributed by atoms with Crippen molar-refractivity contribution in [2.24, 2.45) is 21.2 Å².